The van der Waals surface area contributed by atoms with Crippen molar-refractivity contribution in [2.24, 2.45) is 0 Å². The third-order valence-electron chi connectivity index (χ3n) is 2.84. The van der Waals surface area contributed by atoms with E-state index in [0.29, 0.717) is 5.82 Å². The fourth-order valence-electron chi connectivity index (χ4n) is 1.91. The van der Waals surface area contributed by atoms with Gasteiger partial charge in [0.25, 0.3) is 5.56 Å². The fraction of sp³-hybridized carbons (Fsp3) is 0.0833. The maximum atomic E-state index is 11.6. The van der Waals surface area contributed by atoms with Crippen LogP contribution >= 0.6 is 15.9 Å². The summed E-state index contributed by atoms with van der Waals surface area (Å²) in [5, 5.41) is 0. The molecule has 0 amide bonds. The van der Waals surface area contributed by atoms with Gasteiger partial charge in [-0.15, -0.1) is 0 Å². The van der Waals surface area contributed by atoms with Crippen molar-refractivity contribution in [3.05, 3.63) is 49.1 Å². The molecule has 0 saturated carbocycles. The molecule has 3 rings (SSSR count). The van der Waals surface area contributed by atoms with Gasteiger partial charge in [0.05, 0.1) is 0 Å². The Labute approximate surface area is 115 Å². The van der Waals surface area contributed by atoms with Crippen LogP contribution in [-0.2, 0) is 0 Å². The molecule has 0 aliphatic rings. The van der Waals surface area contributed by atoms with Crippen LogP contribution in [0, 0.1) is 6.92 Å². The van der Waals surface area contributed by atoms with Gasteiger partial charge in [0.15, 0.2) is 5.65 Å². The van der Waals surface area contributed by atoms with E-state index in [0.717, 1.165) is 15.6 Å². The average Bonchev–Trinajstić information content (AvgIpc) is 2.76. The molecule has 6 nitrogen and oxygen atoms in total. The lowest BCUT2D eigenvalue weighted by Gasteiger charge is -2.02. The Morgan fingerprint density at radius 1 is 1.16 bits per heavy atom. The number of aromatic amines is 3. The van der Waals surface area contributed by atoms with Crippen LogP contribution in [0.4, 0.5) is 0 Å². The van der Waals surface area contributed by atoms with Crippen molar-refractivity contribution in [3.8, 4) is 11.4 Å². The van der Waals surface area contributed by atoms with Gasteiger partial charge in [0, 0.05) is 10.0 Å². The molecule has 0 radical (unpaired) electrons. The largest absolute Gasteiger partial charge is 0.332 e. The molecule has 2 aromatic heterocycles. The van der Waals surface area contributed by atoms with E-state index >= 15 is 0 Å². The van der Waals surface area contributed by atoms with Crippen molar-refractivity contribution < 1.29 is 0 Å². The maximum Gasteiger partial charge on any atom is 0.327 e. The third kappa shape index (κ3) is 2.01. The Morgan fingerprint density at radius 2 is 1.95 bits per heavy atom. The van der Waals surface area contributed by atoms with E-state index in [1.165, 1.54) is 0 Å². The normalized spacial score (nSPS) is 11.1. The lowest BCUT2D eigenvalue weighted by molar-refractivity contribution is 1.07. The number of nitrogens with one attached hydrogen (secondary N) is 3. The molecule has 0 bridgehead atoms. The number of hydrogen-bond donors (Lipinski definition) is 3. The van der Waals surface area contributed by atoms with Crippen molar-refractivity contribution in [2.45, 2.75) is 6.92 Å². The molecule has 2 heterocycles. The smallest absolute Gasteiger partial charge is 0.327 e. The van der Waals surface area contributed by atoms with Crippen LogP contribution in [0.3, 0.4) is 0 Å². The first-order chi connectivity index (χ1) is 9.04. The van der Waals surface area contributed by atoms with Crippen LogP contribution in [0.15, 0.2) is 32.3 Å². The molecular weight excluding hydrogens is 312 g/mol. The second kappa shape index (κ2) is 4.20. The van der Waals surface area contributed by atoms with Crippen molar-refractivity contribution in [1.29, 1.82) is 0 Å². The second-order valence-electron chi connectivity index (χ2n) is 4.18. The number of rotatable bonds is 1. The molecule has 0 saturated heterocycles. The van der Waals surface area contributed by atoms with E-state index in [9.17, 15) is 9.59 Å². The number of benzene rings is 1. The topological polar surface area (TPSA) is 94.4 Å². The van der Waals surface area contributed by atoms with Crippen molar-refractivity contribution in [1.82, 2.24) is 19.9 Å². The van der Waals surface area contributed by atoms with Gasteiger partial charge < -0.3 is 4.98 Å². The number of imidazole rings is 1. The Morgan fingerprint density at radius 3 is 2.74 bits per heavy atom. The minimum atomic E-state index is -0.568. The monoisotopic (exact) mass is 320 g/mol. The maximum absolute atomic E-state index is 11.6. The molecule has 0 unspecified atom stereocenters. The van der Waals surface area contributed by atoms with Gasteiger partial charge in [0.2, 0.25) is 0 Å². The van der Waals surface area contributed by atoms with Gasteiger partial charge in [-0.1, -0.05) is 22.0 Å². The first-order valence-corrected chi connectivity index (χ1v) is 6.33. The van der Waals surface area contributed by atoms with Crippen LogP contribution in [0.2, 0.25) is 0 Å². The summed E-state index contributed by atoms with van der Waals surface area (Å²) < 4.78 is 0.913. The lowest BCUT2D eigenvalue weighted by atomic mass is 10.1. The predicted molar refractivity (Wildman–Crippen MR) is 75.2 cm³/mol. The van der Waals surface area contributed by atoms with Crippen molar-refractivity contribution >= 4 is 27.1 Å². The number of hydrogen-bond acceptors (Lipinski definition) is 3. The van der Waals surface area contributed by atoms with Gasteiger partial charge in [-0.2, -0.15) is 0 Å². The molecular formula is C12H9BrN4O2. The first-order valence-electron chi connectivity index (χ1n) is 5.53. The van der Waals surface area contributed by atoms with Gasteiger partial charge >= 0.3 is 5.69 Å². The van der Waals surface area contributed by atoms with Crippen molar-refractivity contribution in [3.63, 3.8) is 0 Å². The van der Waals surface area contributed by atoms with Gasteiger partial charge in [-0.3, -0.25) is 14.8 Å². The molecule has 0 aliphatic heterocycles. The first kappa shape index (κ1) is 11.9. The van der Waals surface area contributed by atoms with E-state index in [2.05, 4.69) is 35.9 Å². The number of aromatic nitrogens is 4. The molecule has 0 spiro atoms. The van der Waals surface area contributed by atoms with Crippen LogP contribution in [-0.4, -0.2) is 19.9 Å². The van der Waals surface area contributed by atoms with Gasteiger partial charge in [0.1, 0.15) is 11.3 Å². The summed E-state index contributed by atoms with van der Waals surface area (Å²) in [7, 11) is 0. The highest BCUT2D eigenvalue weighted by Gasteiger charge is 2.11. The van der Waals surface area contributed by atoms with Crippen molar-refractivity contribution in [2.75, 3.05) is 0 Å². The highest BCUT2D eigenvalue weighted by Crippen LogP contribution is 2.25. The predicted octanol–water partition coefficient (Wildman–Crippen LogP) is 1.68. The Kier molecular flexibility index (Phi) is 2.63. The minimum Gasteiger partial charge on any atom is -0.332 e. The zero-order chi connectivity index (χ0) is 13.6. The summed E-state index contributed by atoms with van der Waals surface area (Å²) in [4.78, 5) is 34.7. The van der Waals surface area contributed by atoms with E-state index < -0.39 is 11.2 Å². The number of nitrogens with zero attached hydrogens (tertiary/aromatic N) is 1. The number of aryl methyl sites for hydroxylation is 1. The molecule has 19 heavy (non-hydrogen) atoms. The zero-order valence-corrected chi connectivity index (χ0v) is 11.5. The Hall–Kier alpha value is -2.15. The summed E-state index contributed by atoms with van der Waals surface area (Å²) in [5.74, 6) is 0.543. The Bertz CT molecular complexity index is 891. The lowest BCUT2D eigenvalue weighted by Crippen LogP contribution is -2.21. The summed E-state index contributed by atoms with van der Waals surface area (Å²) in [5.41, 5.74) is 1.34. The standard InChI is InChI=1S/C12H9BrN4O2/c1-5-2-3-6(13)4-7(5)9-14-8-10(15-9)16-12(19)17-11(8)18/h2-4H,1H3,(H3,14,15,16,17,18,19). The Balaban J connectivity index is 2.32. The summed E-state index contributed by atoms with van der Waals surface area (Å²) >= 11 is 3.40. The quantitative estimate of drug-likeness (QED) is 0.636. The summed E-state index contributed by atoms with van der Waals surface area (Å²) in [6.45, 7) is 1.95. The molecule has 96 valence electrons. The van der Waals surface area contributed by atoms with E-state index in [1.807, 2.05) is 25.1 Å². The zero-order valence-electron chi connectivity index (χ0n) is 9.87. The number of halogens is 1. The third-order valence-corrected chi connectivity index (χ3v) is 3.34. The molecule has 3 N–H and O–H groups in total. The number of H-pyrrole nitrogens is 3. The highest BCUT2D eigenvalue weighted by molar-refractivity contribution is 9.10. The van der Waals surface area contributed by atoms with E-state index in [1.54, 1.807) is 0 Å². The molecule has 0 fully saturated rings. The van der Waals surface area contributed by atoms with E-state index in [4.69, 9.17) is 0 Å². The van der Waals surface area contributed by atoms with Crippen LogP contribution < -0.4 is 11.2 Å². The molecule has 7 heteroatoms. The molecule has 1 aromatic carbocycles. The van der Waals surface area contributed by atoms with Crippen LogP contribution in [0.5, 0.6) is 0 Å². The molecule has 3 aromatic rings. The summed E-state index contributed by atoms with van der Waals surface area (Å²) in [6.07, 6.45) is 0. The second-order valence-corrected chi connectivity index (χ2v) is 5.09. The minimum absolute atomic E-state index is 0.253. The van der Waals surface area contributed by atoms with E-state index in [-0.39, 0.29) is 11.2 Å². The van der Waals surface area contributed by atoms with Crippen LogP contribution in [0.1, 0.15) is 5.56 Å². The fourth-order valence-corrected chi connectivity index (χ4v) is 2.27. The van der Waals surface area contributed by atoms with Gasteiger partial charge in [-0.05, 0) is 24.6 Å². The SMILES string of the molecule is Cc1ccc(Br)cc1-c1nc2[nH]c(=O)[nH]c(=O)c2[nH]1. The number of fused-ring (bicyclic) bond motifs is 1. The average molecular weight is 321 g/mol. The summed E-state index contributed by atoms with van der Waals surface area (Å²) in [6, 6.07) is 5.77. The molecule has 0 atom stereocenters. The van der Waals surface area contributed by atoms with Gasteiger partial charge in [-0.25, -0.2) is 9.78 Å². The molecule has 0 aliphatic carbocycles. The van der Waals surface area contributed by atoms with Crippen LogP contribution in [0.25, 0.3) is 22.6 Å². The highest BCUT2D eigenvalue weighted by atomic mass is 79.9.